The van der Waals surface area contributed by atoms with Crippen LogP contribution in [0.4, 0.5) is 18.0 Å². The molecular weight excluding hydrogens is 409 g/mol. The van der Waals surface area contributed by atoms with Crippen LogP contribution in [0.3, 0.4) is 0 Å². The van der Waals surface area contributed by atoms with Crippen LogP contribution < -0.4 is 5.32 Å². The van der Waals surface area contributed by atoms with E-state index in [0.717, 1.165) is 32.6 Å². The number of fused-ring (bicyclic) bond motifs is 2. The average Bonchev–Trinajstić information content (AvgIpc) is 2.94. The predicted molar refractivity (Wildman–Crippen MR) is 99.8 cm³/mol. The molecule has 3 unspecified atom stereocenters. The number of rotatable bonds is 2. The molecule has 2 bridgehead atoms. The second-order valence-electron chi connectivity index (χ2n) is 8.08. The number of halogens is 3. The highest BCUT2D eigenvalue weighted by Gasteiger charge is 2.47. The largest absolute Gasteiger partial charge is 0.490 e. The van der Waals surface area contributed by atoms with Gasteiger partial charge < -0.3 is 29.9 Å². The highest BCUT2D eigenvalue weighted by molar-refractivity contribution is 5.80. The van der Waals surface area contributed by atoms with Crippen LogP contribution in [0.1, 0.15) is 20.3 Å². The fourth-order valence-corrected chi connectivity index (χ4v) is 3.68. The molecule has 0 aliphatic carbocycles. The topological polar surface area (TPSA) is 102 Å². The molecule has 3 rings (SSSR count). The van der Waals surface area contributed by atoms with Gasteiger partial charge in [0.05, 0.1) is 18.1 Å². The number of hydrogen-bond acceptors (Lipinski definition) is 5. The number of ether oxygens (including phenoxy) is 1. The van der Waals surface area contributed by atoms with E-state index >= 15 is 0 Å². The molecule has 2 N–H and O–H groups in total. The lowest BCUT2D eigenvalue weighted by molar-refractivity contribution is -0.192. The number of piperazine rings is 1. The molecular formula is C18H29F3N4O5. The highest BCUT2D eigenvalue weighted by Crippen LogP contribution is 2.33. The fraction of sp³-hybridized carbons (Fsp3) is 0.833. The molecule has 0 radical (unpaired) electrons. The van der Waals surface area contributed by atoms with E-state index in [1.165, 1.54) is 0 Å². The van der Waals surface area contributed by atoms with Gasteiger partial charge in [0.2, 0.25) is 5.91 Å². The van der Waals surface area contributed by atoms with E-state index in [9.17, 15) is 22.8 Å². The van der Waals surface area contributed by atoms with Gasteiger partial charge in [0.1, 0.15) is 0 Å². The zero-order chi connectivity index (χ0) is 22.6. The third-order valence-corrected chi connectivity index (χ3v) is 5.23. The number of likely N-dealkylation sites (tertiary alicyclic amines) is 1. The molecule has 0 spiro atoms. The minimum Gasteiger partial charge on any atom is -0.475 e. The van der Waals surface area contributed by atoms with Gasteiger partial charge in [-0.15, -0.1) is 0 Å². The number of likely N-dealkylation sites (N-methyl/N-ethyl adjacent to an activating group) is 1. The highest BCUT2D eigenvalue weighted by atomic mass is 19.4. The van der Waals surface area contributed by atoms with E-state index in [-0.39, 0.29) is 36.1 Å². The molecule has 9 nitrogen and oxygen atoms in total. The maximum atomic E-state index is 12.8. The van der Waals surface area contributed by atoms with E-state index in [0.29, 0.717) is 13.1 Å². The molecule has 30 heavy (non-hydrogen) atoms. The van der Waals surface area contributed by atoms with Crippen LogP contribution in [0, 0.1) is 5.92 Å². The van der Waals surface area contributed by atoms with Crippen molar-refractivity contribution in [3.63, 3.8) is 0 Å². The first-order valence-electron chi connectivity index (χ1n) is 9.86. The molecule has 0 saturated carbocycles. The molecule has 3 heterocycles. The lowest BCUT2D eigenvalue weighted by atomic mass is 9.98. The molecule has 12 heteroatoms. The van der Waals surface area contributed by atoms with E-state index in [2.05, 4.69) is 17.3 Å². The lowest BCUT2D eigenvalue weighted by Gasteiger charge is -2.36. The van der Waals surface area contributed by atoms with Gasteiger partial charge >= 0.3 is 18.2 Å². The Morgan fingerprint density at radius 2 is 1.63 bits per heavy atom. The van der Waals surface area contributed by atoms with E-state index in [1.807, 2.05) is 18.7 Å². The first-order chi connectivity index (χ1) is 13.9. The van der Waals surface area contributed by atoms with Gasteiger partial charge in [-0.3, -0.25) is 4.79 Å². The Kier molecular flexibility index (Phi) is 7.92. The summed E-state index contributed by atoms with van der Waals surface area (Å²) in [5, 5.41) is 10.0. The molecule has 3 aliphatic heterocycles. The van der Waals surface area contributed by atoms with Crippen LogP contribution in [0.15, 0.2) is 0 Å². The number of aliphatic carboxylic acids is 1. The summed E-state index contributed by atoms with van der Waals surface area (Å²) in [6.45, 7) is 8.44. The van der Waals surface area contributed by atoms with E-state index in [4.69, 9.17) is 14.6 Å². The number of urea groups is 1. The van der Waals surface area contributed by atoms with Crippen molar-refractivity contribution >= 4 is 17.9 Å². The first-order valence-corrected chi connectivity index (χ1v) is 9.86. The Hall–Kier alpha value is -2.08. The number of carboxylic acids is 1. The zero-order valence-electron chi connectivity index (χ0n) is 17.3. The van der Waals surface area contributed by atoms with E-state index in [1.54, 1.807) is 4.90 Å². The third-order valence-electron chi connectivity index (χ3n) is 5.23. The van der Waals surface area contributed by atoms with E-state index < -0.39 is 12.1 Å². The summed E-state index contributed by atoms with van der Waals surface area (Å²) in [4.78, 5) is 39.9. The number of nitrogens with zero attached hydrogens (tertiary/aromatic N) is 3. The number of carbonyl (C=O) groups excluding carboxylic acids is 2. The quantitative estimate of drug-likeness (QED) is 0.655. The summed E-state index contributed by atoms with van der Waals surface area (Å²) in [6, 6.07) is 0.0664. The summed E-state index contributed by atoms with van der Waals surface area (Å²) in [7, 11) is 2.08. The van der Waals surface area contributed by atoms with Crippen molar-refractivity contribution in [3.8, 4) is 0 Å². The van der Waals surface area contributed by atoms with Gasteiger partial charge in [-0.2, -0.15) is 13.2 Å². The standard InChI is InChI=1S/C16H28N4O3.C2HF3O2/c1-11(2)17-16(22)20-9-12-8-13(14(10-20)23-12)15(21)19-6-4-18(3)5-7-19;3-2(4,5)1(6)7/h11-14H,4-10H2,1-3H3,(H,17,22);(H,6,7). The van der Waals surface area contributed by atoms with Gasteiger partial charge in [-0.25, -0.2) is 9.59 Å². The van der Waals surface area contributed by atoms with Crippen LogP contribution in [0.5, 0.6) is 0 Å². The average molecular weight is 438 g/mol. The molecule has 172 valence electrons. The molecule has 3 amide bonds. The fourth-order valence-electron chi connectivity index (χ4n) is 3.68. The summed E-state index contributed by atoms with van der Waals surface area (Å²) in [5.41, 5.74) is 0. The number of hydrogen-bond donors (Lipinski definition) is 2. The SMILES string of the molecule is CC(C)NC(=O)N1CC2CC(C(=O)N3CCN(C)CC3)C(C1)O2.O=C(O)C(F)(F)F. The van der Waals surface area contributed by atoms with Gasteiger partial charge in [0.25, 0.3) is 0 Å². The third kappa shape index (κ3) is 6.46. The maximum absolute atomic E-state index is 12.8. The minimum absolute atomic E-state index is 0.00641. The summed E-state index contributed by atoms with van der Waals surface area (Å²) < 4.78 is 37.7. The smallest absolute Gasteiger partial charge is 0.475 e. The Labute approximate surface area is 173 Å². The summed E-state index contributed by atoms with van der Waals surface area (Å²) in [6.07, 6.45) is -4.51. The normalized spacial score (nSPS) is 26.8. The van der Waals surface area contributed by atoms with Crippen LogP contribution in [-0.2, 0) is 14.3 Å². The van der Waals surface area contributed by atoms with Crippen LogP contribution in [0.25, 0.3) is 0 Å². The Bertz CT molecular complexity index is 638. The number of carboxylic acid groups (broad SMARTS) is 1. The Morgan fingerprint density at radius 1 is 1.07 bits per heavy atom. The number of amides is 3. The Balaban J connectivity index is 0.000000396. The van der Waals surface area contributed by atoms with Crippen LogP contribution in [0.2, 0.25) is 0 Å². The van der Waals surface area contributed by atoms with Crippen molar-refractivity contribution in [2.45, 2.75) is 44.7 Å². The first kappa shape index (κ1) is 24.2. The molecule has 3 fully saturated rings. The second-order valence-corrected chi connectivity index (χ2v) is 8.08. The lowest BCUT2D eigenvalue weighted by Crippen LogP contribution is -2.53. The van der Waals surface area contributed by atoms with Gasteiger partial charge in [0, 0.05) is 45.3 Å². The van der Waals surface area contributed by atoms with Crippen molar-refractivity contribution in [2.24, 2.45) is 5.92 Å². The summed E-state index contributed by atoms with van der Waals surface area (Å²) in [5.74, 6) is -2.65. The zero-order valence-corrected chi connectivity index (χ0v) is 17.3. The van der Waals surface area contributed by atoms with Crippen molar-refractivity contribution in [3.05, 3.63) is 0 Å². The van der Waals surface area contributed by atoms with Gasteiger partial charge in [0.15, 0.2) is 0 Å². The Morgan fingerprint density at radius 3 is 2.13 bits per heavy atom. The number of carbonyl (C=O) groups is 3. The summed E-state index contributed by atoms with van der Waals surface area (Å²) >= 11 is 0. The number of alkyl halides is 3. The number of morpholine rings is 1. The monoisotopic (exact) mass is 438 g/mol. The maximum Gasteiger partial charge on any atom is 0.490 e. The minimum atomic E-state index is -5.08. The van der Waals surface area contributed by atoms with Gasteiger partial charge in [-0.1, -0.05) is 0 Å². The van der Waals surface area contributed by atoms with Crippen LogP contribution in [-0.4, -0.2) is 108 Å². The predicted octanol–water partition coefficient (Wildman–Crippen LogP) is 0.601. The second kappa shape index (κ2) is 9.82. The molecule has 0 aromatic rings. The van der Waals surface area contributed by atoms with Gasteiger partial charge in [-0.05, 0) is 27.3 Å². The number of nitrogens with one attached hydrogen (secondary N) is 1. The van der Waals surface area contributed by atoms with Crippen molar-refractivity contribution in [1.82, 2.24) is 20.0 Å². The van der Waals surface area contributed by atoms with Crippen LogP contribution >= 0.6 is 0 Å². The molecule has 3 aliphatic rings. The molecule has 0 aromatic heterocycles. The van der Waals surface area contributed by atoms with Crippen molar-refractivity contribution in [1.29, 1.82) is 0 Å². The molecule has 3 atom stereocenters. The molecule has 3 saturated heterocycles. The van der Waals surface area contributed by atoms with Crippen molar-refractivity contribution in [2.75, 3.05) is 46.3 Å². The molecule has 0 aromatic carbocycles. The van der Waals surface area contributed by atoms with Crippen molar-refractivity contribution < 1.29 is 37.4 Å².